The molecule has 1 aliphatic heterocycles. The van der Waals surface area contributed by atoms with E-state index in [1.165, 1.54) is 0 Å². The molecule has 1 aliphatic rings. The van der Waals surface area contributed by atoms with Gasteiger partial charge in [-0.15, -0.1) is 0 Å². The van der Waals surface area contributed by atoms with Gasteiger partial charge >= 0.3 is 0 Å². The second-order valence-corrected chi connectivity index (χ2v) is 7.92. The Bertz CT molecular complexity index is 923. The van der Waals surface area contributed by atoms with Crippen molar-refractivity contribution >= 4 is 11.7 Å². The number of amides is 1. The number of nitriles is 1. The first-order valence-electron chi connectivity index (χ1n) is 10.3. The van der Waals surface area contributed by atoms with Crippen LogP contribution < -0.4 is 4.90 Å². The molecule has 158 valence electrons. The Morgan fingerprint density at radius 3 is 2.67 bits per heavy atom. The third-order valence-corrected chi connectivity index (χ3v) is 5.46. The Hall–Kier alpha value is -2.98. The van der Waals surface area contributed by atoms with Gasteiger partial charge < -0.3 is 14.5 Å². The molecular weight excluding hydrogens is 378 g/mol. The Morgan fingerprint density at radius 2 is 2.07 bits per heavy atom. The maximum atomic E-state index is 12.4. The van der Waals surface area contributed by atoms with Crippen LogP contribution in [0, 0.1) is 11.3 Å². The molecule has 1 fully saturated rings. The molecule has 2 aromatic heterocycles. The first-order chi connectivity index (χ1) is 14.5. The fraction of sp³-hybridized carbons (Fsp3) is 0.478. The molecule has 0 N–H and O–H groups in total. The summed E-state index contributed by atoms with van der Waals surface area (Å²) in [7, 11) is 1.60. The number of ether oxygens (including phenoxy) is 1. The molecule has 1 saturated heterocycles. The molecule has 1 atom stereocenters. The van der Waals surface area contributed by atoms with E-state index in [9.17, 15) is 10.1 Å². The number of nitrogens with zero attached hydrogens (tertiary/aromatic N) is 5. The quantitative estimate of drug-likeness (QED) is 0.731. The fourth-order valence-corrected chi connectivity index (χ4v) is 3.90. The van der Waals surface area contributed by atoms with Crippen LogP contribution in [-0.4, -0.2) is 60.2 Å². The number of piperazine rings is 1. The lowest BCUT2D eigenvalue weighted by atomic mass is 9.96. The summed E-state index contributed by atoms with van der Waals surface area (Å²) < 4.78 is 5.03. The highest BCUT2D eigenvalue weighted by Gasteiger charge is 2.29. The van der Waals surface area contributed by atoms with Crippen molar-refractivity contribution in [3.63, 3.8) is 0 Å². The van der Waals surface area contributed by atoms with Crippen molar-refractivity contribution < 1.29 is 9.53 Å². The Morgan fingerprint density at radius 1 is 1.33 bits per heavy atom. The van der Waals surface area contributed by atoms with Crippen molar-refractivity contribution in [1.82, 2.24) is 14.9 Å². The fourth-order valence-electron chi connectivity index (χ4n) is 3.90. The molecule has 0 aliphatic carbocycles. The van der Waals surface area contributed by atoms with Gasteiger partial charge in [0, 0.05) is 50.7 Å². The lowest BCUT2D eigenvalue weighted by Crippen LogP contribution is -2.54. The molecule has 0 bridgehead atoms. The van der Waals surface area contributed by atoms with Crippen LogP contribution in [0.2, 0.25) is 0 Å². The minimum Gasteiger partial charge on any atom is -0.384 e. The van der Waals surface area contributed by atoms with Gasteiger partial charge in [0.05, 0.1) is 24.3 Å². The third-order valence-electron chi connectivity index (χ3n) is 5.46. The predicted molar refractivity (Wildman–Crippen MR) is 116 cm³/mol. The number of aromatic nitrogens is 2. The van der Waals surface area contributed by atoms with Gasteiger partial charge in [-0.2, -0.15) is 5.26 Å². The summed E-state index contributed by atoms with van der Waals surface area (Å²) in [5.74, 6) is 1.01. The molecular formula is C23H29N5O2. The van der Waals surface area contributed by atoms with Gasteiger partial charge in [-0.3, -0.25) is 9.78 Å². The van der Waals surface area contributed by atoms with E-state index in [1.807, 2.05) is 30.0 Å². The average molecular weight is 408 g/mol. The van der Waals surface area contributed by atoms with E-state index in [0.717, 1.165) is 16.8 Å². The summed E-state index contributed by atoms with van der Waals surface area (Å²) in [4.78, 5) is 25.5. The van der Waals surface area contributed by atoms with E-state index in [-0.39, 0.29) is 17.9 Å². The van der Waals surface area contributed by atoms with Crippen molar-refractivity contribution in [1.29, 1.82) is 5.26 Å². The molecule has 0 spiro atoms. The minimum absolute atomic E-state index is 0.0406. The topological polar surface area (TPSA) is 82.3 Å². The first-order valence-corrected chi connectivity index (χ1v) is 10.3. The minimum atomic E-state index is 0.0406. The van der Waals surface area contributed by atoms with E-state index in [2.05, 4.69) is 29.8 Å². The Kier molecular flexibility index (Phi) is 7.01. The Labute approximate surface area is 178 Å². The van der Waals surface area contributed by atoms with Crippen molar-refractivity contribution in [2.75, 3.05) is 38.3 Å². The molecule has 0 radical (unpaired) electrons. The highest BCUT2D eigenvalue weighted by molar-refractivity contribution is 5.77. The molecule has 3 rings (SSSR count). The van der Waals surface area contributed by atoms with Crippen LogP contribution in [0.25, 0.3) is 11.1 Å². The monoisotopic (exact) mass is 407 g/mol. The van der Waals surface area contributed by atoms with E-state index < -0.39 is 0 Å². The lowest BCUT2D eigenvalue weighted by Gasteiger charge is -2.41. The number of pyridine rings is 2. The van der Waals surface area contributed by atoms with Gasteiger partial charge in [-0.05, 0) is 36.6 Å². The smallest absolute Gasteiger partial charge is 0.225 e. The molecule has 0 saturated carbocycles. The number of carbonyl (C=O) groups is 1. The summed E-state index contributed by atoms with van der Waals surface area (Å²) >= 11 is 0. The lowest BCUT2D eigenvalue weighted by molar-refractivity contribution is -0.134. The first kappa shape index (κ1) is 21.7. The molecule has 3 heterocycles. The number of carbonyl (C=O) groups excluding carboxylic acids is 1. The standard InChI is InChI=1S/C23H29N5O2/c1-16(2)22-20(18-5-8-25-9-6-18)13-19(14-24)23(26-22)27-10-11-28(17(3)15-27)21(29)7-12-30-4/h5-6,8-9,13,16-17H,7,10-12,15H2,1-4H3/t17-/m1/s1. The summed E-state index contributed by atoms with van der Waals surface area (Å²) in [6.07, 6.45) is 3.89. The highest BCUT2D eigenvalue weighted by atomic mass is 16.5. The SMILES string of the molecule is COCCC(=O)N1CCN(c2nc(C(C)C)c(-c3ccncc3)cc2C#N)C[C@H]1C. The van der Waals surface area contributed by atoms with Crippen molar-refractivity contribution in [3.05, 3.63) is 41.9 Å². The normalized spacial score (nSPS) is 16.6. The van der Waals surface area contributed by atoms with E-state index in [4.69, 9.17) is 9.72 Å². The van der Waals surface area contributed by atoms with Crippen molar-refractivity contribution in [2.24, 2.45) is 0 Å². The Balaban J connectivity index is 1.91. The zero-order valence-electron chi connectivity index (χ0n) is 18.1. The van der Waals surface area contributed by atoms with E-state index in [1.54, 1.807) is 19.5 Å². The summed E-state index contributed by atoms with van der Waals surface area (Å²) in [6, 6.07) is 8.19. The van der Waals surface area contributed by atoms with Crippen LogP contribution in [0.15, 0.2) is 30.6 Å². The van der Waals surface area contributed by atoms with E-state index in [0.29, 0.717) is 44.0 Å². The maximum Gasteiger partial charge on any atom is 0.225 e. The van der Waals surface area contributed by atoms with Gasteiger partial charge in [-0.25, -0.2) is 4.98 Å². The molecule has 0 unspecified atom stereocenters. The second-order valence-electron chi connectivity index (χ2n) is 7.92. The van der Waals surface area contributed by atoms with Gasteiger partial charge in [0.25, 0.3) is 0 Å². The van der Waals surface area contributed by atoms with Crippen LogP contribution in [0.4, 0.5) is 5.82 Å². The van der Waals surface area contributed by atoms with Crippen LogP contribution in [0.3, 0.4) is 0 Å². The van der Waals surface area contributed by atoms with Crippen LogP contribution in [0.5, 0.6) is 0 Å². The van der Waals surface area contributed by atoms with Crippen molar-refractivity contribution in [3.8, 4) is 17.2 Å². The molecule has 7 nitrogen and oxygen atoms in total. The van der Waals surface area contributed by atoms with Crippen LogP contribution >= 0.6 is 0 Å². The summed E-state index contributed by atoms with van der Waals surface area (Å²) in [5, 5.41) is 9.85. The molecule has 2 aromatic rings. The summed E-state index contributed by atoms with van der Waals surface area (Å²) in [5.41, 5.74) is 3.49. The average Bonchev–Trinajstić information content (AvgIpc) is 2.76. The number of hydrogen-bond acceptors (Lipinski definition) is 6. The van der Waals surface area contributed by atoms with Gasteiger partial charge in [0.1, 0.15) is 11.9 Å². The second kappa shape index (κ2) is 9.68. The number of hydrogen-bond donors (Lipinski definition) is 0. The number of methoxy groups -OCH3 is 1. The zero-order chi connectivity index (χ0) is 21.7. The molecule has 0 aromatic carbocycles. The maximum absolute atomic E-state index is 12.4. The number of rotatable bonds is 6. The van der Waals surface area contributed by atoms with Gasteiger partial charge in [-0.1, -0.05) is 13.8 Å². The largest absolute Gasteiger partial charge is 0.384 e. The zero-order valence-corrected chi connectivity index (χ0v) is 18.1. The predicted octanol–water partition coefficient (Wildman–Crippen LogP) is 3.21. The van der Waals surface area contributed by atoms with E-state index >= 15 is 0 Å². The molecule has 30 heavy (non-hydrogen) atoms. The van der Waals surface area contributed by atoms with Crippen LogP contribution in [-0.2, 0) is 9.53 Å². The van der Waals surface area contributed by atoms with Crippen molar-refractivity contribution in [2.45, 2.75) is 39.2 Å². The molecule has 7 heteroatoms. The molecule has 1 amide bonds. The van der Waals surface area contributed by atoms with Gasteiger partial charge in [0.2, 0.25) is 5.91 Å². The van der Waals surface area contributed by atoms with Crippen LogP contribution in [0.1, 0.15) is 44.4 Å². The third kappa shape index (κ3) is 4.60. The summed E-state index contributed by atoms with van der Waals surface area (Å²) in [6.45, 7) is 8.59. The van der Waals surface area contributed by atoms with Gasteiger partial charge in [0.15, 0.2) is 0 Å². The highest BCUT2D eigenvalue weighted by Crippen LogP contribution is 2.33. The number of anilines is 1.